The highest BCUT2D eigenvalue weighted by Crippen LogP contribution is 2.36. The molecule has 1 N–H and O–H groups in total. The summed E-state index contributed by atoms with van der Waals surface area (Å²) < 4.78 is 39.2. The third kappa shape index (κ3) is 6.72. The Hall–Kier alpha value is -2.07. The molecule has 1 aliphatic heterocycles. The normalized spacial score (nSPS) is 17.9. The maximum Gasteiger partial charge on any atom is 0.433 e. The molecule has 33 heavy (non-hydrogen) atoms. The van der Waals surface area contributed by atoms with Crippen molar-refractivity contribution in [1.29, 1.82) is 0 Å². The summed E-state index contributed by atoms with van der Waals surface area (Å²) in [7, 11) is 0. The van der Waals surface area contributed by atoms with Gasteiger partial charge in [-0.05, 0) is 31.7 Å². The van der Waals surface area contributed by atoms with Gasteiger partial charge in [0.2, 0.25) is 5.95 Å². The smallest absolute Gasteiger partial charge is 0.393 e. The van der Waals surface area contributed by atoms with E-state index in [1.165, 1.54) is 0 Å². The predicted octanol–water partition coefficient (Wildman–Crippen LogP) is 6.01. The Labute approximate surface area is 197 Å². The minimum absolute atomic E-state index is 0.0128. The van der Waals surface area contributed by atoms with E-state index >= 15 is 0 Å². The molecule has 1 saturated heterocycles. The molecular weight excluding hydrogens is 451 g/mol. The molecule has 3 heterocycles. The Kier molecular flexibility index (Phi) is 8.81. The monoisotopic (exact) mass is 483 g/mol. The number of rotatable bonds is 9. The number of hydrogen-bond acceptors (Lipinski definition) is 7. The second-order valence-electron chi connectivity index (χ2n) is 8.55. The summed E-state index contributed by atoms with van der Waals surface area (Å²) in [5.74, 6) is -0.0612. The Bertz CT molecular complexity index is 925. The van der Waals surface area contributed by atoms with Crippen LogP contribution < -0.4 is 4.90 Å². The number of nitrogens with zero attached hydrogens (tertiary/aromatic N) is 5. The average molecular weight is 484 g/mol. The molecule has 0 saturated carbocycles. The molecule has 0 bridgehead atoms. The van der Waals surface area contributed by atoms with Gasteiger partial charge < -0.3 is 10.0 Å². The first kappa shape index (κ1) is 25.6. The number of aliphatic imine (C=N–C) groups is 1. The number of aromatic nitrogens is 3. The number of aliphatic hydroxyl groups excluding tert-OH is 1. The second-order valence-corrected chi connectivity index (χ2v) is 9.39. The van der Waals surface area contributed by atoms with E-state index in [9.17, 15) is 18.3 Å². The Balaban J connectivity index is 1.86. The van der Waals surface area contributed by atoms with E-state index in [2.05, 4.69) is 39.1 Å². The second kappa shape index (κ2) is 11.4. The van der Waals surface area contributed by atoms with Crippen molar-refractivity contribution in [3.63, 3.8) is 0 Å². The fourth-order valence-corrected chi connectivity index (χ4v) is 5.12. The summed E-state index contributed by atoms with van der Waals surface area (Å²) >= 11 is 1.61. The first-order valence-corrected chi connectivity index (χ1v) is 12.5. The van der Waals surface area contributed by atoms with Gasteiger partial charge in [0.15, 0.2) is 5.13 Å². The first-order chi connectivity index (χ1) is 15.7. The molecule has 2 aromatic rings. The molecule has 2 aromatic heterocycles. The van der Waals surface area contributed by atoms with E-state index in [4.69, 9.17) is 4.98 Å². The van der Waals surface area contributed by atoms with Crippen molar-refractivity contribution in [1.82, 2.24) is 15.0 Å². The van der Waals surface area contributed by atoms with E-state index in [-0.39, 0.29) is 23.9 Å². The number of halogens is 3. The molecule has 0 spiro atoms. The number of thiazole rings is 1. The van der Waals surface area contributed by atoms with Crippen molar-refractivity contribution < 1.29 is 18.3 Å². The van der Waals surface area contributed by atoms with Gasteiger partial charge in [-0.3, -0.25) is 0 Å². The zero-order chi connectivity index (χ0) is 24.0. The van der Waals surface area contributed by atoms with Crippen LogP contribution >= 0.6 is 11.3 Å². The lowest BCUT2D eigenvalue weighted by Gasteiger charge is -2.29. The molecule has 0 aromatic carbocycles. The molecule has 0 aliphatic carbocycles. The topological polar surface area (TPSA) is 74.5 Å². The Morgan fingerprint density at radius 2 is 1.97 bits per heavy atom. The number of anilines is 1. The fraction of sp³-hybridized carbons (Fsp3) is 0.652. The quantitative estimate of drug-likeness (QED) is 0.443. The van der Waals surface area contributed by atoms with Crippen molar-refractivity contribution in [3.05, 3.63) is 29.0 Å². The Morgan fingerprint density at radius 1 is 1.24 bits per heavy atom. The Morgan fingerprint density at radius 3 is 2.61 bits per heavy atom. The maximum absolute atomic E-state index is 13.1. The molecule has 2 atom stereocenters. The summed E-state index contributed by atoms with van der Waals surface area (Å²) in [5.41, 5.74) is 0.802. The van der Waals surface area contributed by atoms with Crippen LogP contribution in [0.25, 0.3) is 0 Å². The van der Waals surface area contributed by atoms with E-state index in [0.29, 0.717) is 6.42 Å². The predicted molar refractivity (Wildman–Crippen MR) is 125 cm³/mol. The minimum Gasteiger partial charge on any atom is -0.393 e. The highest BCUT2D eigenvalue weighted by molar-refractivity contribution is 7.13. The largest absolute Gasteiger partial charge is 0.433 e. The van der Waals surface area contributed by atoms with E-state index < -0.39 is 11.9 Å². The van der Waals surface area contributed by atoms with E-state index in [1.807, 2.05) is 6.92 Å². The molecule has 1 aliphatic rings. The maximum atomic E-state index is 13.1. The van der Waals surface area contributed by atoms with E-state index in [0.717, 1.165) is 74.0 Å². The first-order valence-electron chi connectivity index (χ1n) is 11.6. The van der Waals surface area contributed by atoms with Gasteiger partial charge in [-0.2, -0.15) is 13.2 Å². The van der Waals surface area contributed by atoms with Gasteiger partial charge in [0.05, 0.1) is 11.8 Å². The van der Waals surface area contributed by atoms with Crippen LogP contribution in [0.5, 0.6) is 0 Å². The lowest BCUT2D eigenvalue weighted by atomic mass is 9.83. The third-order valence-corrected chi connectivity index (χ3v) is 6.96. The minimum atomic E-state index is -4.53. The van der Waals surface area contributed by atoms with Crippen LogP contribution in [0.15, 0.2) is 22.6 Å². The van der Waals surface area contributed by atoms with Crippen molar-refractivity contribution >= 4 is 28.1 Å². The van der Waals surface area contributed by atoms with Crippen molar-refractivity contribution in [2.75, 3.05) is 18.0 Å². The van der Waals surface area contributed by atoms with Crippen LogP contribution in [0.2, 0.25) is 0 Å². The summed E-state index contributed by atoms with van der Waals surface area (Å²) in [6.45, 7) is 7.79. The number of aliphatic hydroxyl groups is 1. The van der Waals surface area contributed by atoms with Crippen LogP contribution in [-0.4, -0.2) is 45.0 Å². The molecular formula is C23H32F3N5OS. The molecule has 0 amide bonds. The summed E-state index contributed by atoms with van der Waals surface area (Å²) in [5, 5.41) is 12.8. The van der Waals surface area contributed by atoms with Crippen molar-refractivity contribution in [2.45, 2.75) is 77.5 Å². The van der Waals surface area contributed by atoms with Gasteiger partial charge in [0.1, 0.15) is 5.69 Å². The van der Waals surface area contributed by atoms with Gasteiger partial charge in [0.25, 0.3) is 0 Å². The highest BCUT2D eigenvalue weighted by Gasteiger charge is 2.33. The van der Waals surface area contributed by atoms with Crippen LogP contribution in [-0.2, 0) is 6.18 Å². The van der Waals surface area contributed by atoms with Gasteiger partial charge in [0, 0.05) is 42.2 Å². The van der Waals surface area contributed by atoms with Gasteiger partial charge in [-0.15, -0.1) is 11.3 Å². The molecule has 2 unspecified atom stereocenters. The van der Waals surface area contributed by atoms with Gasteiger partial charge in [-0.1, -0.05) is 33.6 Å². The number of piperidine rings is 1. The lowest BCUT2D eigenvalue weighted by molar-refractivity contribution is -0.141. The van der Waals surface area contributed by atoms with Crippen LogP contribution in [0, 0.1) is 5.92 Å². The SMILES string of the molecule is CCCC(=Nc1nccc(C(F)(F)F)n1)C(C)C(CCC)c1csc(N2CCC(O)CC2)n1. The summed E-state index contributed by atoms with van der Waals surface area (Å²) in [6.07, 6.45) is 1.15. The standard InChI is InChI=1S/C23H32F3N5OS/c1-4-6-17(19-14-33-22(29-19)31-12-9-16(32)10-13-31)15(3)18(7-5-2)28-21-27-11-8-20(30-21)23(24,25)26/h8,11,14-17,32H,4-7,9-10,12-13H2,1-3H3. The average Bonchev–Trinajstić information content (AvgIpc) is 3.27. The molecule has 1 fully saturated rings. The van der Waals surface area contributed by atoms with Crippen LogP contribution in [0.1, 0.15) is 76.6 Å². The highest BCUT2D eigenvalue weighted by atomic mass is 32.1. The molecule has 182 valence electrons. The molecule has 0 radical (unpaired) electrons. The number of alkyl halides is 3. The van der Waals surface area contributed by atoms with Crippen molar-refractivity contribution in [2.24, 2.45) is 10.9 Å². The summed E-state index contributed by atoms with van der Waals surface area (Å²) in [4.78, 5) is 19.2. The van der Waals surface area contributed by atoms with Crippen molar-refractivity contribution in [3.8, 4) is 0 Å². The lowest BCUT2D eigenvalue weighted by Crippen LogP contribution is -2.35. The van der Waals surface area contributed by atoms with E-state index in [1.54, 1.807) is 11.3 Å². The fourth-order valence-electron chi connectivity index (χ4n) is 4.18. The summed E-state index contributed by atoms with van der Waals surface area (Å²) in [6, 6.07) is 0.859. The molecule has 6 nitrogen and oxygen atoms in total. The molecule has 10 heteroatoms. The van der Waals surface area contributed by atoms with Gasteiger partial charge >= 0.3 is 6.18 Å². The zero-order valence-corrected chi connectivity index (χ0v) is 20.2. The number of hydrogen-bond donors (Lipinski definition) is 1. The third-order valence-electron chi connectivity index (χ3n) is 6.04. The zero-order valence-electron chi connectivity index (χ0n) is 19.3. The van der Waals surface area contributed by atoms with Gasteiger partial charge in [-0.25, -0.2) is 19.9 Å². The molecule has 3 rings (SSSR count). The van der Waals surface area contributed by atoms with Crippen LogP contribution in [0.4, 0.5) is 24.3 Å². The van der Waals surface area contributed by atoms with Crippen LogP contribution in [0.3, 0.4) is 0 Å².